The van der Waals surface area contributed by atoms with Crippen molar-refractivity contribution >= 4 is 11.3 Å². The number of nitrogens with one attached hydrogen (secondary N) is 1. The maximum atomic E-state index is 5.47. The summed E-state index contributed by atoms with van der Waals surface area (Å²) in [6, 6.07) is 5.32. The van der Waals surface area contributed by atoms with E-state index in [0.29, 0.717) is 0 Å². The fourth-order valence-corrected chi connectivity index (χ4v) is 3.35. The third-order valence-electron chi connectivity index (χ3n) is 3.77. The van der Waals surface area contributed by atoms with Gasteiger partial charge in [0.1, 0.15) is 0 Å². The Morgan fingerprint density at radius 1 is 1.26 bits per heavy atom. The molecule has 0 amide bonds. The molecule has 0 bridgehead atoms. The van der Waals surface area contributed by atoms with Gasteiger partial charge in [-0.1, -0.05) is 5.92 Å². The first-order chi connectivity index (χ1) is 9.33. The van der Waals surface area contributed by atoms with Gasteiger partial charge in [-0.05, 0) is 43.7 Å². The molecule has 0 aromatic carbocycles. The lowest BCUT2D eigenvalue weighted by Crippen LogP contribution is -2.25. The van der Waals surface area contributed by atoms with Gasteiger partial charge in [0.2, 0.25) is 0 Å². The van der Waals surface area contributed by atoms with Crippen LogP contribution in [0.25, 0.3) is 0 Å². The van der Waals surface area contributed by atoms with E-state index in [-0.39, 0.29) is 0 Å². The molecule has 2 aliphatic rings. The maximum absolute atomic E-state index is 5.47. The van der Waals surface area contributed by atoms with Crippen molar-refractivity contribution in [3.05, 3.63) is 21.9 Å². The predicted molar refractivity (Wildman–Crippen MR) is 81.0 cm³/mol. The minimum Gasteiger partial charge on any atom is -0.309 e. The molecule has 19 heavy (non-hydrogen) atoms. The standard InChI is InChI=1S/C16H22N2S/c1-2-9-18(11-13-3-4-13)12-16-8-7-15(19-16)10-17-14-5-6-14/h1,7-8,13-14,17H,3-6,9-12H2. The van der Waals surface area contributed by atoms with Crippen LogP contribution in [0.1, 0.15) is 35.4 Å². The van der Waals surface area contributed by atoms with Crippen LogP contribution in [0.4, 0.5) is 0 Å². The molecule has 2 fully saturated rings. The zero-order valence-electron chi connectivity index (χ0n) is 11.4. The Kier molecular flexibility index (Phi) is 4.22. The average Bonchev–Trinajstić information content (AvgIpc) is 3.30. The van der Waals surface area contributed by atoms with E-state index in [2.05, 4.69) is 28.3 Å². The van der Waals surface area contributed by atoms with E-state index in [0.717, 1.165) is 31.6 Å². The van der Waals surface area contributed by atoms with Crippen molar-refractivity contribution in [1.82, 2.24) is 10.2 Å². The molecular weight excluding hydrogens is 252 g/mol. The highest BCUT2D eigenvalue weighted by atomic mass is 32.1. The SMILES string of the molecule is C#CCN(Cc1ccc(CNC2CC2)s1)CC1CC1. The molecule has 2 saturated carbocycles. The van der Waals surface area contributed by atoms with Gasteiger partial charge in [0.05, 0.1) is 6.54 Å². The van der Waals surface area contributed by atoms with Gasteiger partial charge in [0.25, 0.3) is 0 Å². The average molecular weight is 274 g/mol. The van der Waals surface area contributed by atoms with Crippen LogP contribution in [0.3, 0.4) is 0 Å². The second kappa shape index (κ2) is 6.09. The molecule has 0 spiro atoms. The van der Waals surface area contributed by atoms with Crippen LogP contribution in [0.5, 0.6) is 0 Å². The molecule has 3 rings (SSSR count). The molecule has 1 N–H and O–H groups in total. The second-order valence-corrected chi connectivity index (χ2v) is 7.09. The Hall–Kier alpha value is -0.820. The van der Waals surface area contributed by atoms with Gasteiger partial charge < -0.3 is 5.32 Å². The highest BCUT2D eigenvalue weighted by Gasteiger charge is 2.24. The first kappa shape index (κ1) is 13.2. The number of hydrogen-bond acceptors (Lipinski definition) is 3. The normalized spacial score (nSPS) is 18.7. The number of hydrogen-bond donors (Lipinski definition) is 1. The molecule has 0 unspecified atom stereocenters. The van der Waals surface area contributed by atoms with E-state index in [1.165, 1.54) is 42.0 Å². The maximum Gasteiger partial charge on any atom is 0.0602 e. The van der Waals surface area contributed by atoms with Crippen LogP contribution in [0, 0.1) is 18.3 Å². The third kappa shape index (κ3) is 4.35. The van der Waals surface area contributed by atoms with Crippen LogP contribution in [-0.4, -0.2) is 24.0 Å². The lowest BCUT2D eigenvalue weighted by Gasteiger charge is -2.18. The largest absolute Gasteiger partial charge is 0.309 e. The molecule has 0 radical (unpaired) electrons. The second-order valence-electron chi connectivity index (χ2n) is 5.84. The van der Waals surface area contributed by atoms with Crippen molar-refractivity contribution in [2.45, 2.75) is 44.8 Å². The third-order valence-corrected chi connectivity index (χ3v) is 4.84. The van der Waals surface area contributed by atoms with Crippen LogP contribution in [0.2, 0.25) is 0 Å². The summed E-state index contributed by atoms with van der Waals surface area (Å²) in [6.45, 7) is 4.02. The van der Waals surface area contributed by atoms with Gasteiger partial charge in [-0.25, -0.2) is 0 Å². The molecule has 0 atom stereocenters. The summed E-state index contributed by atoms with van der Waals surface area (Å²) in [5, 5.41) is 3.57. The van der Waals surface area contributed by atoms with Crippen molar-refractivity contribution in [3.8, 4) is 12.3 Å². The fourth-order valence-electron chi connectivity index (χ4n) is 2.33. The van der Waals surface area contributed by atoms with E-state index >= 15 is 0 Å². The Balaban J connectivity index is 1.50. The molecule has 1 aromatic heterocycles. The lowest BCUT2D eigenvalue weighted by atomic mass is 10.3. The van der Waals surface area contributed by atoms with Crippen LogP contribution in [0.15, 0.2) is 12.1 Å². The minimum absolute atomic E-state index is 0.782. The van der Waals surface area contributed by atoms with Crippen molar-refractivity contribution in [3.63, 3.8) is 0 Å². The molecule has 2 nitrogen and oxygen atoms in total. The van der Waals surface area contributed by atoms with E-state index in [4.69, 9.17) is 6.42 Å². The van der Waals surface area contributed by atoms with Crippen LogP contribution in [-0.2, 0) is 13.1 Å². The molecule has 0 saturated heterocycles. The van der Waals surface area contributed by atoms with E-state index in [1.54, 1.807) is 0 Å². The van der Waals surface area contributed by atoms with Crippen molar-refractivity contribution < 1.29 is 0 Å². The van der Waals surface area contributed by atoms with Gasteiger partial charge in [-0.2, -0.15) is 0 Å². The monoisotopic (exact) mass is 274 g/mol. The van der Waals surface area contributed by atoms with Gasteiger partial charge in [0, 0.05) is 35.4 Å². The van der Waals surface area contributed by atoms with E-state index in [9.17, 15) is 0 Å². The summed E-state index contributed by atoms with van der Waals surface area (Å²) in [7, 11) is 0. The van der Waals surface area contributed by atoms with Crippen LogP contribution >= 0.6 is 11.3 Å². The Bertz CT molecular complexity index is 452. The highest BCUT2D eigenvalue weighted by Crippen LogP contribution is 2.30. The Morgan fingerprint density at radius 2 is 2.05 bits per heavy atom. The zero-order chi connectivity index (χ0) is 13.1. The summed E-state index contributed by atoms with van der Waals surface area (Å²) in [5.74, 6) is 3.70. The molecule has 102 valence electrons. The summed E-state index contributed by atoms with van der Waals surface area (Å²) < 4.78 is 0. The molecule has 1 aromatic rings. The van der Waals surface area contributed by atoms with E-state index < -0.39 is 0 Å². The smallest absolute Gasteiger partial charge is 0.0602 e. The Morgan fingerprint density at radius 3 is 2.74 bits per heavy atom. The number of terminal acetylenes is 1. The predicted octanol–water partition coefficient (Wildman–Crippen LogP) is 2.85. The van der Waals surface area contributed by atoms with Crippen molar-refractivity contribution in [1.29, 1.82) is 0 Å². The summed E-state index contributed by atoms with van der Waals surface area (Å²) in [5.41, 5.74) is 0. The number of nitrogens with zero attached hydrogens (tertiary/aromatic N) is 1. The van der Waals surface area contributed by atoms with E-state index in [1.807, 2.05) is 11.3 Å². The molecular formula is C16H22N2S. The topological polar surface area (TPSA) is 15.3 Å². The quantitative estimate of drug-likeness (QED) is 0.733. The van der Waals surface area contributed by atoms with Crippen molar-refractivity contribution in [2.24, 2.45) is 5.92 Å². The molecule has 2 aliphatic carbocycles. The lowest BCUT2D eigenvalue weighted by molar-refractivity contribution is 0.289. The number of rotatable bonds is 8. The van der Waals surface area contributed by atoms with Gasteiger partial charge >= 0.3 is 0 Å². The highest BCUT2D eigenvalue weighted by molar-refractivity contribution is 7.11. The molecule has 1 heterocycles. The zero-order valence-corrected chi connectivity index (χ0v) is 12.2. The molecule has 0 aliphatic heterocycles. The van der Waals surface area contributed by atoms with Gasteiger partial charge in [-0.3, -0.25) is 4.90 Å². The van der Waals surface area contributed by atoms with Gasteiger partial charge in [0.15, 0.2) is 0 Å². The first-order valence-electron chi connectivity index (χ1n) is 7.30. The Labute approximate surface area is 120 Å². The van der Waals surface area contributed by atoms with Crippen LogP contribution < -0.4 is 5.32 Å². The van der Waals surface area contributed by atoms with Crippen molar-refractivity contribution in [2.75, 3.05) is 13.1 Å². The van der Waals surface area contributed by atoms with Gasteiger partial charge in [-0.15, -0.1) is 17.8 Å². The summed E-state index contributed by atoms with van der Waals surface area (Å²) >= 11 is 1.93. The summed E-state index contributed by atoms with van der Waals surface area (Å²) in [4.78, 5) is 5.32. The minimum atomic E-state index is 0.782. The molecule has 3 heteroatoms. The number of thiophene rings is 1. The summed E-state index contributed by atoms with van der Waals surface area (Å²) in [6.07, 6.45) is 11.0. The fraction of sp³-hybridized carbons (Fsp3) is 0.625. The first-order valence-corrected chi connectivity index (χ1v) is 8.12.